The van der Waals surface area contributed by atoms with Gasteiger partial charge in [-0.1, -0.05) is 25.4 Å². The van der Waals surface area contributed by atoms with Crippen molar-refractivity contribution in [2.24, 2.45) is 7.05 Å². The van der Waals surface area contributed by atoms with Gasteiger partial charge >= 0.3 is 0 Å². The van der Waals surface area contributed by atoms with E-state index in [1.807, 2.05) is 41.9 Å². The van der Waals surface area contributed by atoms with Crippen molar-refractivity contribution in [1.82, 2.24) is 19.4 Å². The smallest absolute Gasteiger partial charge is 0.225 e. The van der Waals surface area contributed by atoms with Gasteiger partial charge in [0, 0.05) is 55.6 Å². The van der Waals surface area contributed by atoms with Gasteiger partial charge in [-0.25, -0.2) is 9.97 Å². The van der Waals surface area contributed by atoms with Gasteiger partial charge in [-0.2, -0.15) is 0 Å². The van der Waals surface area contributed by atoms with Crippen LogP contribution in [0.4, 0.5) is 17.5 Å². The Morgan fingerprint density at radius 2 is 1.90 bits per heavy atom. The van der Waals surface area contributed by atoms with Gasteiger partial charge in [0.05, 0.1) is 24.2 Å². The van der Waals surface area contributed by atoms with Crippen LogP contribution in [0.3, 0.4) is 0 Å². The number of nitrogens with zero attached hydrogens (tertiary/aromatic N) is 4. The lowest BCUT2D eigenvalue weighted by Gasteiger charge is -2.26. The quantitative estimate of drug-likeness (QED) is 0.233. The van der Waals surface area contributed by atoms with Gasteiger partial charge in [0.2, 0.25) is 11.9 Å². The van der Waals surface area contributed by atoms with E-state index in [0.717, 1.165) is 66.6 Å². The molecule has 210 valence electrons. The van der Waals surface area contributed by atoms with Crippen molar-refractivity contribution in [1.29, 1.82) is 0 Å². The molecule has 2 N–H and O–H groups in total. The molecule has 2 aromatic heterocycles. The molecule has 9 nitrogen and oxygen atoms in total. The van der Waals surface area contributed by atoms with Gasteiger partial charge in [0.1, 0.15) is 17.3 Å². The topological polar surface area (TPSA) is 93.5 Å². The Morgan fingerprint density at radius 3 is 2.70 bits per heavy atom. The maximum absolute atomic E-state index is 12.4. The minimum Gasteiger partial charge on any atom is -0.457 e. The van der Waals surface area contributed by atoms with Crippen LogP contribution in [0.2, 0.25) is 5.02 Å². The number of morpholine rings is 1. The van der Waals surface area contributed by atoms with Crippen molar-refractivity contribution >= 4 is 46.0 Å². The van der Waals surface area contributed by atoms with Gasteiger partial charge in [0.15, 0.2) is 0 Å². The fraction of sp³-hybridized carbons (Fsp3) is 0.367. The van der Waals surface area contributed by atoms with Gasteiger partial charge in [-0.05, 0) is 60.8 Å². The molecule has 1 fully saturated rings. The van der Waals surface area contributed by atoms with E-state index < -0.39 is 0 Å². The number of hydrogen-bond acceptors (Lipinski definition) is 7. The second kappa shape index (κ2) is 12.7. The van der Waals surface area contributed by atoms with Crippen LogP contribution in [0.15, 0.2) is 54.7 Å². The Balaban J connectivity index is 1.22. The largest absolute Gasteiger partial charge is 0.457 e. The molecule has 10 heteroatoms. The fourth-order valence-electron chi connectivity index (χ4n) is 4.72. The summed E-state index contributed by atoms with van der Waals surface area (Å²) in [5.41, 5.74) is 3.77. The standard InChI is InChI=1S/C30H35ClN6O3/c1-20(2)24-17-21(6-8-25(24)31)33-30-34-26-18-22(7-9-27(26)36(30)3)40-23-10-11-32-28(19-23)35-29(38)5-4-12-37-13-15-39-16-14-37/h6-11,17-20H,4-5,12-16H2,1-3H3,(H,33,34)(H,32,35,38). The molecule has 1 aliphatic rings. The first-order valence-electron chi connectivity index (χ1n) is 13.6. The van der Waals surface area contributed by atoms with Crippen LogP contribution >= 0.6 is 11.6 Å². The number of fused-ring (bicyclic) bond motifs is 1. The molecule has 40 heavy (non-hydrogen) atoms. The number of aryl methyl sites for hydroxylation is 1. The predicted molar refractivity (Wildman–Crippen MR) is 159 cm³/mol. The minimum absolute atomic E-state index is 0.0611. The van der Waals surface area contributed by atoms with E-state index >= 15 is 0 Å². The van der Waals surface area contributed by atoms with Crippen LogP contribution in [0.1, 0.15) is 38.2 Å². The molecule has 1 aliphatic heterocycles. The number of amides is 1. The summed E-state index contributed by atoms with van der Waals surface area (Å²) in [7, 11) is 1.97. The molecule has 0 bridgehead atoms. The first-order chi connectivity index (χ1) is 19.4. The summed E-state index contributed by atoms with van der Waals surface area (Å²) in [5.74, 6) is 2.65. The van der Waals surface area contributed by atoms with E-state index in [-0.39, 0.29) is 5.91 Å². The highest BCUT2D eigenvalue weighted by Gasteiger charge is 2.13. The van der Waals surface area contributed by atoms with E-state index in [1.54, 1.807) is 18.3 Å². The van der Waals surface area contributed by atoms with Crippen molar-refractivity contribution in [2.45, 2.75) is 32.6 Å². The van der Waals surface area contributed by atoms with E-state index in [4.69, 9.17) is 26.1 Å². The van der Waals surface area contributed by atoms with Crippen LogP contribution in [-0.2, 0) is 16.6 Å². The number of ether oxygens (including phenoxy) is 2. The molecule has 4 aromatic rings. The van der Waals surface area contributed by atoms with E-state index in [2.05, 4.69) is 40.4 Å². The molecule has 3 heterocycles. The van der Waals surface area contributed by atoms with Gasteiger partial charge in [0.25, 0.3) is 0 Å². The van der Waals surface area contributed by atoms with E-state index in [0.29, 0.717) is 35.6 Å². The van der Waals surface area contributed by atoms with E-state index in [9.17, 15) is 4.79 Å². The fourth-order valence-corrected chi connectivity index (χ4v) is 5.06. The number of aromatic nitrogens is 3. The number of carbonyl (C=O) groups is 1. The highest BCUT2D eigenvalue weighted by Crippen LogP contribution is 2.31. The molecule has 1 amide bonds. The number of benzene rings is 2. The summed E-state index contributed by atoms with van der Waals surface area (Å²) in [6, 6.07) is 15.2. The summed E-state index contributed by atoms with van der Waals surface area (Å²) >= 11 is 6.36. The summed E-state index contributed by atoms with van der Waals surface area (Å²) in [6.07, 6.45) is 2.85. The minimum atomic E-state index is -0.0611. The molecule has 5 rings (SSSR count). The van der Waals surface area contributed by atoms with Crippen LogP contribution < -0.4 is 15.4 Å². The highest BCUT2D eigenvalue weighted by molar-refractivity contribution is 6.31. The Kier molecular flexibility index (Phi) is 8.84. The molecule has 0 aliphatic carbocycles. The average molecular weight is 563 g/mol. The predicted octanol–water partition coefficient (Wildman–Crippen LogP) is 6.33. The summed E-state index contributed by atoms with van der Waals surface area (Å²) in [4.78, 5) is 23.8. The first kappa shape index (κ1) is 27.9. The lowest BCUT2D eigenvalue weighted by molar-refractivity contribution is -0.116. The molecule has 2 aromatic carbocycles. The van der Waals surface area contributed by atoms with Crippen molar-refractivity contribution in [3.8, 4) is 11.5 Å². The van der Waals surface area contributed by atoms with Crippen LogP contribution in [-0.4, -0.2) is 58.2 Å². The normalized spacial score (nSPS) is 14.0. The molecule has 1 saturated heterocycles. The summed E-state index contributed by atoms with van der Waals surface area (Å²) < 4.78 is 13.5. The van der Waals surface area contributed by atoms with Crippen molar-refractivity contribution in [3.63, 3.8) is 0 Å². The maximum atomic E-state index is 12.4. The van der Waals surface area contributed by atoms with Gasteiger partial charge in [-0.3, -0.25) is 9.69 Å². The van der Waals surface area contributed by atoms with Crippen molar-refractivity contribution in [2.75, 3.05) is 43.5 Å². The molecule has 0 radical (unpaired) electrons. The SMILES string of the molecule is CC(C)c1cc(Nc2nc3cc(Oc4ccnc(NC(=O)CCCN5CCOCC5)c4)ccc3n2C)ccc1Cl. The van der Waals surface area contributed by atoms with Crippen LogP contribution in [0, 0.1) is 0 Å². The monoisotopic (exact) mass is 562 g/mol. The number of pyridine rings is 1. The Bertz CT molecular complexity index is 1480. The molecular formula is C30H35ClN6O3. The Hall–Kier alpha value is -3.66. The number of nitrogens with one attached hydrogen (secondary N) is 2. The third kappa shape index (κ3) is 6.91. The second-order valence-electron chi connectivity index (χ2n) is 10.2. The highest BCUT2D eigenvalue weighted by atomic mass is 35.5. The van der Waals surface area contributed by atoms with Crippen LogP contribution in [0.5, 0.6) is 11.5 Å². The second-order valence-corrected chi connectivity index (χ2v) is 10.7. The zero-order valence-electron chi connectivity index (χ0n) is 23.1. The Morgan fingerprint density at radius 1 is 1.10 bits per heavy atom. The molecule has 0 saturated carbocycles. The number of halogens is 1. The molecule has 0 atom stereocenters. The Labute approximate surface area is 239 Å². The van der Waals surface area contributed by atoms with Crippen molar-refractivity contribution in [3.05, 3.63) is 65.3 Å². The molecule has 0 spiro atoms. The number of rotatable bonds is 10. The van der Waals surface area contributed by atoms with Gasteiger partial charge in [-0.15, -0.1) is 0 Å². The number of hydrogen-bond donors (Lipinski definition) is 2. The maximum Gasteiger partial charge on any atom is 0.225 e. The number of imidazole rings is 1. The van der Waals surface area contributed by atoms with Crippen molar-refractivity contribution < 1.29 is 14.3 Å². The summed E-state index contributed by atoms with van der Waals surface area (Å²) in [5, 5.41) is 7.05. The number of anilines is 3. The zero-order valence-corrected chi connectivity index (χ0v) is 23.9. The third-order valence-corrected chi connectivity index (χ3v) is 7.29. The average Bonchev–Trinajstić information content (AvgIpc) is 3.24. The van der Waals surface area contributed by atoms with Crippen LogP contribution in [0.25, 0.3) is 11.0 Å². The lowest BCUT2D eigenvalue weighted by atomic mass is 10.0. The molecule has 0 unspecified atom stereocenters. The van der Waals surface area contributed by atoms with E-state index in [1.165, 1.54) is 0 Å². The summed E-state index contributed by atoms with van der Waals surface area (Å²) in [6.45, 7) is 8.50. The number of carbonyl (C=O) groups excluding carboxylic acids is 1. The van der Waals surface area contributed by atoms with Gasteiger partial charge < -0.3 is 24.7 Å². The zero-order chi connectivity index (χ0) is 28.1. The molecular weight excluding hydrogens is 528 g/mol. The third-order valence-electron chi connectivity index (χ3n) is 6.94. The first-order valence-corrected chi connectivity index (χ1v) is 14.0. The lowest BCUT2D eigenvalue weighted by Crippen LogP contribution is -2.37.